The first-order valence-corrected chi connectivity index (χ1v) is 11.7. The second-order valence-electron chi connectivity index (χ2n) is 9.20. The highest BCUT2D eigenvalue weighted by atomic mass is 16.2. The van der Waals surface area contributed by atoms with E-state index >= 15 is 0 Å². The van der Waals surface area contributed by atoms with E-state index in [-0.39, 0.29) is 5.91 Å². The lowest BCUT2D eigenvalue weighted by molar-refractivity contribution is -0.122. The molecule has 0 radical (unpaired) electrons. The molecule has 1 amide bonds. The third-order valence-electron chi connectivity index (χ3n) is 7.02. The number of carbonyl (C=O) groups excluding carboxylic acids is 1. The van der Waals surface area contributed by atoms with Crippen LogP contribution in [-0.2, 0) is 16.9 Å². The van der Waals surface area contributed by atoms with E-state index in [0.29, 0.717) is 23.9 Å². The number of anilines is 1. The van der Waals surface area contributed by atoms with E-state index < -0.39 is 5.54 Å². The number of carbonyl (C=O) groups is 1. The lowest BCUT2D eigenvalue weighted by atomic mass is 9.86. The van der Waals surface area contributed by atoms with Crippen molar-refractivity contribution >= 4 is 22.8 Å². The van der Waals surface area contributed by atoms with Crippen molar-refractivity contribution in [2.45, 2.75) is 58.2 Å². The lowest BCUT2D eigenvalue weighted by Crippen LogP contribution is -2.52. The molecule has 4 heterocycles. The maximum atomic E-state index is 12.9. The number of fused-ring (bicyclic) bond motifs is 2. The van der Waals surface area contributed by atoms with Crippen molar-refractivity contribution in [2.75, 3.05) is 5.32 Å². The summed E-state index contributed by atoms with van der Waals surface area (Å²) in [5.74, 6) is 1.45. The molecule has 3 aromatic heterocycles. The molecular formula is C25H26N8O. The van der Waals surface area contributed by atoms with Gasteiger partial charge in [0, 0.05) is 41.8 Å². The number of rotatable bonds is 5. The monoisotopic (exact) mass is 454 g/mol. The van der Waals surface area contributed by atoms with Crippen LogP contribution in [0.15, 0.2) is 36.9 Å². The summed E-state index contributed by atoms with van der Waals surface area (Å²) in [6.45, 7) is 6.58. The summed E-state index contributed by atoms with van der Waals surface area (Å²) in [5, 5.41) is 6.62. The minimum atomic E-state index is -0.768. The Morgan fingerprint density at radius 2 is 1.94 bits per heavy atom. The van der Waals surface area contributed by atoms with Crippen LogP contribution in [0.3, 0.4) is 0 Å². The smallest absolute Gasteiger partial charge is 0.249 e. The fourth-order valence-corrected chi connectivity index (χ4v) is 4.86. The molecule has 1 aromatic carbocycles. The highest BCUT2D eigenvalue weighted by Gasteiger charge is 2.44. The summed E-state index contributed by atoms with van der Waals surface area (Å²) >= 11 is 0. The Labute approximate surface area is 197 Å². The second kappa shape index (κ2) is 7.66. The number of hydrogen-bond acceptors (Lipinski definition) is 7. The third kappa shape index (κ3) is 3.11. The first-order chi connectivity index (χ1) is 16.5. The fourth-order valence-electron chi connectivity index (χ4n) is 4.86. The van der Waals surface area contributed by atoms with Crippen molar-refractivity contribution < 1.29 is 4.79 Å². The Balaban J connectivity index is 1.48. The molecule has 9 heteroatoms. The van der Waals surface area contributed by atoms with Crippen LogP contribution < -0.4 is 10.6 Å². The van der Waals surface area contributed by atoms with E-state index in [9.17, 15) is 4.79 Å². The average molecular weight is 455 g/mol. The third-order valence-corrected chi connectivity index (χ3v) is 7.02. The highest BCUT2D eigenvalue weighted by molar-refractivity contribution is 6.06. The minimum Gasteiger partial charge on any atom is -0.324 e. The van der Waals surface area contributed by atoms with Gasteiger partial charge in [-0.25, -0.2) is 24.9 Å². The summed E-state index contributed by atoms with van der Waals surface area (Å²) < 4.78 is 2.05. The maximum Gasteiger partial charge on any atom is 0.249 e. The molecule has 1 aliphatic heterocycles. The number of amides is 1. The predicted octanol–water partition coefficient (Wildman–Crippen LogP) is 3.59. The van der Waals surface area contributed by atoms with Gasteiger partial charge >= 0.3 is 0 Å². The topological polar surface area (TPSA) is 111 Å². The van der Waals surface area contributed by atoms with Crippen molar-refractivity contribution in [2.24, 2.45) is 0 Å². The molecular weight excluding hydrogens is 428 g/mol. The molecule has 172 valence electrons. The van der Waals surface area contributed by atoms with Gasteiger partial charge in [0.25, 0.3) is 0 Å². The van der Waals surface area contributed by atoms with Crippen LogP contribution in [0, 0.1) is 6.92 Å². The summed E-state index contributed by atoms with van der Waals surface area (Å²) in [6.07, 6.45) is 8.55. The lowest BCUT2D eigenvalue weighted by Gasteiger charge is -2.35. The fraction of sp³-hybridized carbons (Fsp3) is 0.360. The number of nitrogens with zero attached hydrogens (tertiary/aromatic N) is 6. The summed E-state index contributed by atoms with van der Waals surface area (Å²) in [4.78, 5) is 35.7. The standard InChI is InChI=1S/C25H26N8O/c1-4-33-22(16-11-26-14(2)27-12-16)31-21-20(28-13-29-23(21)33)15-8-9-19-18(10-15)25(3,24(34)30-19)32-17-6-5-7-17/h8-13,17,32H,4-7H2,1-3H3,(H,30,34)/t25-/m1/s1. The Morgan fingerprint density at radius 3 is 2.65 bits per heavy atom. The molecule has 1 atom stereocenters. The Morgan fingerprint density at radius 1 is 1.15 bits per heavy atom. The van der Waals surface area contributed by atoms with Gasteiger partial charge in [0.15, 0.2) is 5.65 Å². The minimum absolute atomic E-state index is 0.0173. The van der Waals surface area contributed by atoms with E-state index in [1.54, 1.807) is 18.7 Å². The van der Waals surface area contributed by atoms with Crippen molar-refractivity contribution in [1.29, 1.82) is 0 Å². The first-order valence-electron chi connectivity index (χ1n) is 11.7. The van der Waals surface area contributed by atoms with Crippen molar-refractivity contribution in [3.63, 3.8) is 0 Å². The average Bonchev–Trinajstić information content (AvgIpc) is 3.31. The zero-order valence-corrected chi connectivity index (χ0v) is 19.5. The number of imidazole rings is 1. The maximum absolute atomic E-state index is 12.9. The van der Waals surface area contributed by atoms with Gasteiger partial charge < -0.3 is 9.88 Å². The zero-order valence-electron chi connectivity index (χ0n) is 19.5. The van der Waals surface area contributed by atoms with Gasteiger partial charge in [-0.2, -0.15) is 0 Å². The number of aromatic nitrogens is 6. The highest BCUT2D eigenvalue weighted by Crippen LogP contribution is 2.40. The van der Waals surface area contributed by atoms with Crippen LogP contribution in [0.5, 0.6) is 0 Å². The number of aryl methyl sites for hydroxylation is 2. The molecule has 6 rings (SSSR count). The molecule has 0 bridgehead atoms. The molecule has 1 fully saturated rings. The number of benzene rings is 1. The molecule has 1 aliphatic carbocycles. The van der Waals surface area contributed by atoms with Crippen LogP contribution in [0.2, 0.25) is 0 Å². The number of nitrogens with one attached hydrogen (secondary N) is 2. The van der Waals surface area contributed by atoms with Crippen LogP contribution in [0.1, 0.15) is 44.5 Å². The van der Waals surface area contributed by atoms with Gasteiger partial charge in [-0.1, -0.05) is 12.5 Å². The summed E-state index contributed by atoms with van der Waals surface area (Å²) in [6, 6.07) is 6.36. The van der Waals surface area contributed by atoms with E-state index in [2.05, 4.69) is 48.1 Å². The van der Waals surface area contributed by atoms with Crippen molar-refractivity contribution in [1.82, 2.24) is 34.8 Å². The molecule has 1 saturated carbocycles. The van der Waals surface area contributed by atoms with Gasteiger partial charge in [0.2, 0.25) is 5.91 Å². The molecule has 0 spiro atoms. The van der Waals surface area contributed by atoms with E-state index in [1.165, 1.54) is 6.42 Å². The van der Waals surface area contributed by atoms with Gasteiger partial charge in [-0.3, -0.25) is 10.1 Å². The molecule has 2 aliphatic rings. The summed E-state index contributed by atoms with van der Waals surface area (Å²) in [5.41, 5.74) is 4.95. The Bertz CT molecular complexity index is 1420. The quantitative estimate of drug-likeness (QED) is 0.474. The van der Waals surface area contributed by atoms with E-state index in [4.69, 9.17) is 4.98 Å². The van der Waals surface area contributed by atoms with Gasteiger partial charge in [-0.15, -0.1) is 0 Å². The molecule has 4 aromatic rings. The first kappa shape index (κ1) is 20.9. The normalized spacial score (nSPS) is 19.8. The van der Waals surface area contributed by atoms with Crippen molar-refractivity contribution in [3.05, 3.63) is 48.3 Å². The van der Waals surface area contributed by atoms with Gasteiger partial charge in [0.1, 0.15) is 34.7 Å². The Kier molecular flexibility index (Phi) is 4.70. The van der Waals surface area contributed by atoms with Crippen LogP contribution in [-0.4, -0.2) is 41.4 Å². The van der Waals surface area contributed by atoms with Crippen LogP contribution in [0.4, 0.5) is 5.69 Å². The van der Waals surface area contributed by atoms with E-state index in [1.807, 2.05) is 26.0 Å². The predicted molar refractivity (Wildman–Crippen MR) is 129 cm³/mol. The molecule has 2 N–H and O–H groups in total. The molecule has 0 unspecified atom stereocenters. The number of hydrogen-bond donors (Lipinski definition) is 2. The van der Waals surface area contributed by atoms with Crippen molar-refractivity contribution in [3.8, 4) is 22.6 Å². The molecule has 34 heavy (non-hydrogen) atoms. The molecule has 9 nitrogen and oxygen atoms in total. The van der Waals surface area contributed by atoms with Gasteiger partial charge in [-0.05, 0) is 45.7 Å². The molecule has 0 saturated heterocycles. The summed E-state index contributed by atoms with van der Waals surface area (Å²) in [7, 11) is 0. The van der Waals surface area contributed by atoms with Gasteiger partial charge in [0.05, 0.1) is 5.56 Å². The Hall–Kier alpha value is -3.72. The second-order valence-corrected chi connectivity index (χ2v) is 9.20. The van der Waals surface area contributed by atoms with Crippen LogP contribution in [0.25, 0.3) is 33.8 Å². The van der Waals surface area contributed by atoms with E-state index in [0.717, 1.165) is 52.4 Å². The SMILES string of the molecule is CCn1c(-c2cnc(C)nc2)nc2c(-c3ccc4c(c3)[C@@](C)(NC3CCC3)C(=O)N4)ncnc21. The zero-order chi connectivity index (χ0) is 23.4. The largest absolute Gasteiger partial charge is 0.324 e. The van der Waals surface area contributed by atoms with Crippen LogP contribution >= 0.6 is 0 Å².